The van der Waals surface area contributed by atoms with Gasteiger partial charge in [-0.05, 0) is 49.9 Å². The van der Waals surface area contributed by atoms with E-state index in [9.17, 15) is 18.0 Å². The third kappa shape index (κ3) is 5.27. The summed E-state index contributed by atoms with van der Waals surface area (Å²) in [4.78, 5) is 27.2. The maximum atomic E-state index is 12.8. The van der Waals surface area contributed by atoms with E-state index in [0.717, 1.165) is 11.1 Å². The molecule has 0 aliphatic carbocycles. The van der Waals surface area contributed by atoms with Gasteiger partial charge in [-0.3, -0.25) is 9.59 Å². The van der Waals surface area contributed by atoms with Crippen LogP contribution in [0.15, 0.2) is 68.9 Å². The van der Waals surface area contributed by atoms with E-state index in [1.54, 1.807) is 36.4 Å². The number of carbonyl (C=O) groups excluding carboxylic acids is 1. The van der Waals surface area contributed by atoms with Crippen molar-refractivity contribution in [3.8, 4) is 0 Å². The maximum absolute atomic E-state index is 12.8. The molecule has 1 fully saturated rings. The van der Waals surface area contributed by atoms with Crippen LogP contribution >= 0.6 is 0 Å². The number of rotatable bonds is 6. The largest absolute Gasteiger partial charge is 0.463 e. The van der Waals surface area contributed by atoms with Crippen molar-refractivity contribution in [2.24, 2.45) is 0 Å². The first kappa shape index (κ1) is 23.9. The first-order chi connectivity index (χ1) is 16.2. The fraction of sp³-hybridized carbons (Fsp3) is 0.280. The van der Waals surface area contributed by atoms with E-state index in [2.05, 4.69) is 10.2 Å². The lowest BCUT2D eigenvalue weighted by atomic mass is 10.1. The Labute approximate surface area is 198 Å². The second kappa shape index (κ2) is 9.92. The molecule has 1 amide bonds. The first-order valence-corrected chi connectivity index (χ1v) is 12.4. The summed E-state index contributed by atoms with van der Waals surface area (Å²) in [7, 11) is -1.55. The lowest BCUT2D eigenvalue weighted by Gasteiger charge is -2.31. The molecule has 0 radical (unpaired) electrons. The highest BCUT2D eigenvalue weighted by atomic mass is 32.2. The average molecular weight is 482 g/mol. The highest BCUT2D eigenvalue weighted by molar-refractivity contribution is 7.89. The molecule has 1 aromatic heterocycles. The molecule has 0 atom stereocenters. The molecule has 3 aromatic rings. The summed E-state index contributed by atoms with van der Waals surface area (Å²) in [5.41, 5.74) is 2.29. The summed E-state index contributed by atoms with van der Waals surface area (Å²) in [6.07, 6.45) is 4.04. The Balaban J connectivity index is 1.37. The number of aryl methyl sites for hydroxylation is 1. The van der Waals surface area contributed by atoms with Gasteiger partial charge < -0.3 is 14.6 Å². The lowest BCUT2D eigenvalue weighted by molar-refractivity contribution is -0.116. The minimum Gasteiger partial charge on any atom is -0.463 e. The molecule has 0 saturated carbocycles. The molecular weight excluding hydrogens is 454 g/mol. The standard InChI is InChI=1S/C25H27N3O5S/c1-18-3-9-23-22(15-18)25(30)20(17-33-23)6-10-24(29)26-16-19-4-7-21(8-5-19)34(31,32)28-13-11-27(2)12-14-28/h3-10,15,17H,11-14,16H2,1-2H3,(H,26,29)/b10-6+. The molecule has 1 saturated heterocycles. The van der Waals surface area contributed by atoms with Gasteiger partial charge in [0.25, 0.3) is 0 Å². The van der Waals surface area contributed by atoms with Crippen molar-refractivity contribution < 1.29 is 17.6 Å². The molecule has 0 spiro atoms. The van der Waals surface area contributed by atoms with Crippen LogP contribution in [0.3, 0.4) is 0 Å². The Morgan fingerprint density at radius 3 is 2.50 bits per heavy atom. The van der Waals surface area contributed by atoms with Crippen LogP contribution in [0, 0.1) is 6.92 Å². The topological polar surface area (TPSA) is 99.9 Å². The van der Waals surface area contributed by atoms with Gasteiger partial charge >= 0.3 is 0 Å². The van der Waals surface area contributed by atoms with Crippen LogP contribution in [0.5, 0.6) is 0 Å². The van der Waals surface area contributed by atoms with Gasteiger partial charge in [0.15, 0.2) is 5.43 Å². The number of hydrogen-bond donors (Lipinski definition) is 1. The Hall–Kier alpha value is -3.27. The second-order valence-electron chi connectivity index (χ2n) is 8.42. The Kier molecular flexibility index (Phi) is 6.97. The molecule has 4 rings (SSSR count). The number of nitrogens with one attached hydrogen (secondary N) is 1. The summed E-state index contributed by atoms with van der Waals surface area (Å²) >= 11 is 0. The molecule has 178 valence electrons. The van der Waals surface area contributed by atoms with Gasteiger partial charge in [-0.15, -0.1) is 0 Å². The molecule has 2 heterocycles. The number of piperazine rings is 1. The molecular formula is C25H27N3O5S. The summed E-state index contributed by atoms with van der Waals surface area (Å²) < 4.78 is 32.6. The van der Waals surface area contributed by atoms with Crippen LogP contribution in [0.2, 0.25) is 0 Å². The number of fused-ring (bicyclic) bond motifs is 1. The number of amides is 1. The summed E-state index contributed by atoms with van der Waals surface area (Å²) in [5.74, 6) is -0.377. The zero-order chi connectivity index (χ0) is 24.3. The van der Waals surface area contributed by atoms with E-state index >= 15 is 0 Å². The van der Waals surface area contributed by atoms with Crippen molar-refractivity contribution in [3.05, 3.63) is 81.7 Å². The van der Waals surface area contributed by atoms with Crippen LogP contribution in [0.25, 0.3) is 17.0 Å². The number of sulfonamides is 1. The van der Waals surface area contributed by atoms with E-state index in [1.165, 1.54) is 22.7 Å². The highest BCUT2D eigenvalue weighted by Gasteiger charge is 2.27. The molecule has 1 aliphatic heterocycles. The van der Waals surface area contributed by atoms with Gasteiger partial charge in [0, 0.05) is 38.8 Å². The van der Waals surface area contributed by atoms with Crippen molar-refractivity contribution in [2.75, 3.05) is 33.2 Å². The monoisotopic (exact) mass is 481 g/mol. The van der Waals surface area contributed by atoms with Crippen molar-refractivity contribution >= 4 is 33.0 Å². The van der Waals surface area contributed by atoms with Crippen LogP contribution in [-0.4, -0.2) is 56.8 Å². The lowest BCUT2D eigenvalue weighted by Crippen LogP contribution is -2.47. The fourth-order valence-corrected chi connectivity index (χ4v) is 5.17. The average Bonchev–Trinajstić information content (AvgIpc) is 2.83. The SMILES string of the molecule is Cc1ccc2occ(/C=C/C(=O)NCc3ccc(S(=O)(=O)N4CCN(C)CC4)cc3)c(=O)c2c1. The van der Waals surface area contributed by atoms with Crippen LogP contribution in [-0.2, 0) is 21.4 Å². The number of carbonyl (C=O) groups is 1. The third-order valence-corrected chi connectivity index (χ3v) is 7.77. The van der Waals surface area contributed by atoms with Crippen molar-refractivity contribution in [2.45, 2.75) is 18.4 Å². The summed E-state index contributed by atoms with van der Waals surface area (Å²) in [6.45, 7) is 4.47. The van der Waals surface area contributed by atoms with E-state index < -0.39 is 10.0 Å². The van der Waals surface area contributed by atoms with Crippen molar-refractivity contribution in [1.82, 2.24) is 14.5 Å². The first-order valence-electron chi connectivity index (χ1n) is 11.0. The molecule has 0 bridgehead atoms. The van der Waals surface area contributed by atoms with Crippen molar-refractivity contribution in [3.63, 3.8) is 0 Å². The van der Waals surface area contributed by atoms with Crippen LogP contribution < -0.4 is 10.7 Å². The van der Waals surface area contributed by atoms with Gasteiger partial charge in [-0.25, -0.2) is 8.42 Å². The van der Waals surface area contributed by atoms with E-state index in [-0.39, 0.29) is 28.3 Å². The molecule has 0 unspecified atom stereocenters. The molecule has 1 N–H and O–H groups in total. The van der Waals surface area contributed by atoms with Crippen LogP contribution in [0.1, 0.15) is 16.7 Å². The van der Waals surface area contributed by atoms with Crippen molar-refractivity contribution in [1.29, 1.82) is 0 Å². The number of hydrogen-bond acceptors (Lipinski definition) is 6. The van der Waals surface area contributed by atoms with Gasteiger partial charge in [0.1, 0.15) is 11.8 Å². The predicted molar refractivity (Wildman–Crippen MR) is 131 cm³/mol. The van der Waals surface area contributed by atoms with Gasteiger partial charge in [-0.1, -0.05) is 23.8 Å². The molecule has 1 aliphatic rings. The van der Waals surface area contributed by atoms with E-state index in [4.69, 9.17) is 4.42 Å². The van der Waals surface area contributed by atoms with E-state index in [1.807, 2.05) is 20.0 Å². The minimum atomic E-state index is -3.53. The number of likely N-dealkylation sites (N-methyl/N-ethyl adjacent to an activating group) is 1. The maximum Gasteiger partial charge on any atom is 0.244 e. The van der Waals surface area contributed by atoms with Crippen LogP contribution in [0.4, 0.5) is 0 Å². The molecule has 8 nitrogen and oxygen atoms in total. The molecule has 34 heavy (non-hydrogen) atoms. The zero-order valence-electron chi connectivity index (χ0n) is 19.2. The molecule has 2 aromatic carbocycles. The normalized spacial score (nSPS) is 15.7. The third-order valence-electron chi connectivity index (χ3n) is 5.86. The highest BCUT2D eigenvalue weighted by Crippen LogP contribution is 2.18. The fourth-order valence-electron chi connectivity index (χ4n) is 3.75. The van der Waals surface area contributed by atoms with Gasteiger partial charge in [0.2, 0.25) is 15.9 Å². The second-order valence-corrected chi connectivity index (χ2v) is 10.4. The smallest absolute Gasteiger partial charge is 0.244 e. The zero-order valence-corrected chi connectivity index (χ0v) is 20.0. The van der Waals surface area contributed by atoms with Gasteiger partial charge in [0.05, 0.1) is 15.8 Å². The Morgan fingerprint density at radius 2 is 1.79 bits per heavy atom. The summed E-state index contributed by atoms with van der Waals surface area (Å²) in [6, 6.07) is 11.9. The van der Waals surface area contributed by atoms with Gasteiger partial charge in [-0.2, -0.15) is 4.31 Å². The number of nitrogens with zero attached hydrogens (tertiary/aromatic N) is 2. The quantitative estimate of drug-likeness (QED) is 0.543. The minimum absolute atomic E-state index is 0.203. The number of benzene rings is 2. The predicted octanol–water partition coefficient (Wildman–Crippen LogP) is 2.37. The molecule has 9 heteroatoms. The Morgan fingerprint density at radius 1 is 1.09 bits per heavy atom. The summed E-state index contributed by atoms with van der Waals surface area (Å²) in [5, 5.41) is 3.20. The van der Waals surface area contributed by atoms with E-state index in [0.29, 0.717) is 37.1 Å². The Bertz CT molecular complexity index is 1390.